The summed E-state index contributed by atoms with van der Waals surface area (Å²) in [6, 6.07) is 4.12. The maximum Gasteiger partial charge on any atom is 0.234 e. The predicted molar refractivity (Wildman–Crippen MR) is 69.3 cm³/mol. The molecule has 0 aliphatic rings. The van der Waals surface area contributed by atoms with Crippen molar-refractivity contribution < 1.29 is 28.5 Å². The molecule has 3 aromatic rings. The fourth-order valence-electron chi connectivity index (χ4n) is 1.84. The van der Waals surface area contributed by atoms with Crippen molar-refractivity contribution in [2.75, 3.05) is 0 Å². The summed E-state index contributed by atoms with van der Waals surface area (Å²) < 4.78 is 3.97. The fraction of sp³-hybridized carbons (Fsp3) is 0.333. The Balaban J connectivity index is 0.00000133. The molecule has 0 aromatic carbocycles. The molecule has 0 aliphatic carbocycles. The molecule has 0 fully saturated rings. The van der Waals surface area contributed by atoms with E-state index in [9.17, 15) is 0 Å². The minimum Gasteiger partial charge on any atom is -1.00 e. The molecule has 0 amide bonds. The molecule has 3 aromatic heterocycles. The molecule has 0 radical (unpaired) electrons. The van der Waals surface area contributed by atoms with E-state index < -0.39 is 0 Å². The first kappa shape index (κ1) is 14.3. The molecule has 0 atom stereocenters. The van der Waals surface area contributed by atoms with Crippen molar-refractivity contribution in [2.45, 2.75) is 26.8 Å². The minimum absolute atomic E-state index is 0. The number of hydrogen-bond acceptors (Lipinski definition) is 4. The Labute approximate surface area is 132 Å². The summed E-state index contributed by atoms with van der Waals surface area (Å²) in [5.41, 5.74) is 1.12. The number of pyridine rings is 1. The molecule has 0 bridgehead atoms. The highest BCUT2D eigenvalue weighted by Gasteiger charge is 2.13. The van der Waals surface area contributed by atoms with Gasteiger partial charge in [0.1, 0.15) is 6.54 Å². The van der Waals surface area contributed by atoms with Gasteiger partial charge in [-0.05, 0) is 13.0 Å². The van der Waals surface area contributed by atoms with Crippen LogP contribution in [-0.2, 0) is 13.0 Å². The average molecular weight is 387 g/mol. The molecular formula is C12H14IN5S. The zero-order valence-electron chi connectivity index (χ0n) is 10.7. The Kier molecular flexibility index (Phi) is 4.46. The zero-order valence-corrected chi connectivity index (χ0v) is 13.7. The lowest BCUT2D eigenvalue weighted by atomic mass is 10.3. The van der Waals surface area contributed by atoms with E-state index in [1.807, 2.05) is 10.6 Å². The van der Waals surface area contributed by atoms with E-state index in [1.54, 1.807) is 11.3 Å². The highest BCUT2D eigenvalue weighted by Crippen LogP contribution is 2.24. The predicted octanol–water partition coefficient (Wildman–Crippen LogP) is -1.27. The molecule has 7 heteroatoms. The zero-order chi connectivity index (χ0) is 12.5. The normalized spacial score (nSPS) is 10.6. The topological polar surface area (TPSA) is 47.0 Å². The van der Waals surface area contributed by atoms with Crippen molar-refractivity contribution in [3.05, 3.63) is 30.4 Å². The van der Waals surface area contributed by atoms with Gasteiger partial charge in [-0.3, -0.25) is 0 Å². The van der Waals surface area contributed by atoms with Crippen molar-refractivity contribution in [1.82, 2.24) is 19.8 Å². The Morgan fingerprint density at radius 1 is 1.32 bits per heavy atom. The highest BCUT2D eigenvalue weighted by molar-refractivity contribution is 7.19. The van der Waals surface area contributed by atoms with E-state index in [4.69, 9.17) is 0 Å². The SMILES string of the molecule is CCc1nnc2sc(-c3ccc[n+](CC)c3)nn12.[I-]. The lowest BCUT2D eigenvalue weighted by Gasteiger charge is -1.94. The van der Waals surface area contributed by atoms with E-state index in [1.165, 1.54) is 0 Å². The standard InChI is InChI=1S/C12H14N5S.HI/c1-3-10-13-14-12-17(10)15-11(18-12)9-6-5-7-16(4-2)8-9;/h5-8H,3-4H2,1-2H3;1H/q+1;/p-1. The average Bonchev–Trinajstić information content (AvgIpc) is 2.98. The van der Waals surface area contributed by atoms with Gasteiger partial charge in [0.2, 0.25) is 4.96 Å². The quantitative estimate of drug-likeness (QED) is 0.416. The molecule has 0 spiro atoms. The van der Waals surface area contributed by atoms with Crippen LogP contribution >= 0.6 is 11.3 Å². The number of nitrogens with zero attached hydrogens (tertiary/aromatic N) is 5. The van der Waals surface area contributed by atoms with Crippen molar-refractivity contribution in [3.8, 4) is 10.6 Å². The molecule has 3 rings (SSSR count). The largest absolute Gasteiger partial charge is 1.00 e. The van der Waals surface area contributed by atoms with Crippen LogP contribution in [0.15, 0.2) is 24.5 Å². The molecule has 0 unspecified atom stereocenters. The van der Waals surface area contributed by atoms with E-state index in [2.05, 4.69) is 52.2 Å². The summed E-state index contributed by atoms with van der Waals surface area (Å²) in [5, 5.41) is 13.8. The number of aryl methyl sites for hydroxylation is 2. The Bertz CT molecular complexity index is 690. The van der Waals surface area contributed by atoms with Crippen molar-refractivity contribution in [1.29, 1.82) is 0 Å². The van der Waals surface area contributed by atoms with Crippen LogP contribution in [-0.4, -0.2) is 19.8 Å². The molecule has 100 valence electrons. The second-order valence-electron chi connectivity index (χ2n) is 3.99. The van der Waals surface area contributed by atoms with E-state index >= 15 is 0 Å². The minimum atomic E-state index is 0. The van der Waals surface area contributed by atoms with Gasteiger partial charge in [-0.25, -0.2) is 4.57 Å². The lowest BCUT2D eigenvalue weighted by molar-refractivity contribution is -0.693. The third-order valence-electron chi connectivity index (χ3n) is 2.84. The first-order chi connectivity index (χ1) is 8.81. The van der Waals surface area contributed by atoms with Crippen LogP contribution in [0.2, 0.25) is 0 Å². The van der Waals surface area contributed by atoms with Gasteiger partial charge in [-0.1, -0.05) is 18.3 Å². The molecule has 0 saturated carbocycles. The molecule has 0 N–H and O–H groups in total. The smallest absolute Gasteiger partial charge is 0.234 e. The number of rotatable bonds is 3. The Hall–Kier alpha value is -1.09. The second-order valence-corrected chi connectivity index (χ2v) is 4.95. The molecule has 0 saturated heterocycles. The van der Waals surface area contributed by atoms with Gasteiger partial charge in [0.25, 0.3) is 0 Å². The molecule has 0 aliphatic heterocycles. The molecule has 3 heterocycles. The summed E-state index contributed by atoms with van der Waals surface area (Å²) >= 11 is 1.57. The van der Waals surface area contributed by atoms with Crippen LogP contribution in [0.4, 0.5) is 0 Å². The number of hydrogen-bond donors (Lipinski definition) is 0. The number of fused-ring (bicyclic) bond motifs is 1. The van der Waals surface area contributed by atoms with Crippen LogP contribution in [0.3, 0.4) is 0 Å². The molecular weight excluding hydrogens is 373 g/mol. The monoisotopic (exact) mass is 387 g/mol. The van der Waals surface area contributed by atoms with Gasteiger partial charge in [0, 0.05) is 12.5 Å². The number of aromatic nitrogens is 5. The second kappa shape index (κ2) is 5.91. The van der Waals surface area contributed by atoms with Crippen LogP contribution in [0.5, 0.6) is 0 Å². The molecule has 19 heavy (non-hydrogen) atoms. The van der Waals surface area contributed by atoms with Gasteiger partial charge >= 0.3 is 0 Å². The van der Waals surface area contributed by atoms with E-state index in [0.717, 1.165) is 34.3 Å². The van der Waals surface area contributed by atoms with Crippen molar-refractivity contribution >= 4 is 16.3 Å². The first-order valence-electron chi connectivity index (χ1n) is 6.02. The summed E-state index contributed by atoms with van der Waals surface area (Å²) in [4.78, 5) is 0.855. The van der Waals surface area contributed by atoms with Crippen LogP contribution < -0.4 is 28.5 Å². The van der Waals surface area contributed by atoms with Crippen LogP contribution in [0.25, 0.3) is 15.5 Å². The first-order valence-corrected chi connectivity index (χ1v) is 6.84. The Morgan fingerprint density at radius 3 is 2.89 bits per heavy atom. The van der Waals surface area contributed by atoms with Gasteiger partial charge in [-0.15, -0.1) is 10.2 Å². The van der Waals surface area contributed by atoms with E-state index in [0.29, 0.717) is 0 Å². The number of halogens is 1. The van der Waals surface area contributed by atoms with Crippen LogP contribution in [0.1, 0.15) is 19.7 Å². The van der Waals surface area contributed by atoms with Crippen molar-refractivity contribution in [2.24, 2.45) is 0 Å². The van der Waals surface area contributed by atoms with Crippen molar-refractivity contribution in [3.63, 3.8) is 0 Å². The van der Waals surface area contributed by atoms with Gasteiger partial charge in [0.15, 0.2) is 23.2 Å². The maximum atomic E-state index is 4.59. The Morgan fingerprint density at radius 2 is 2.16 bits per heavy atom. The van der Waals surface area contributed by atoms with Gasteiger partial charge < -0.3 is 24.0 Å². The van der Waals surface area contributed by atoms with Gasteiger partial charge in [0.05, 0.1) is 5.56 Å². The third kappa shape index (κ3) is 2.62. The van der Waals surface area contributed by atoms with Crippen LogP contribution in [0, 0.1) is 0 Å². The van der Waals surface area contributed by atoms with Gasteiger partial charge in [-0.2, -0.15) is 9.61 Å². The van der Waals surface area contributed by atoms with E-state index in [-0.39, 0.29) is 24.0 Å². The summed E-state index contributed by atoms with van der Waals surface area (Å²) in [5.74, 6) is 0.909. The fourth-order valence-corrected chi connectivity index (χ4v) is 2.69. The summed E-state index contributed by atoms with van der Waals surface area (Å²) in [7, 11) is 0. The maximum absolute atomic E-state index is 4.59. The third-order valence-corrected chi connectivity index (χ3v) is 3.79. The molecule has 5 nitrogen and oxygen atoms in total. The summed E-state index contributed by atoms with van der Waals surface area (Å²) in [6.45, 7) is 5.14. The summed E-state index contributed by atoms with van der Waals surface area (Å²) in [6.07, 6.45) is 5.01. The highest BCUT2D eigenvalue weighted by atomic mass is 127. The lowest BCUT2D eigenvalue weighted by Crippen LogP contribution is -3.00.